The minimum absolute atomic E-state index is 0. The molecule has 2 N–H and O–H groups in total. The Morgan fingerprint density at radius 3 is 1.42 bits per heavy atom. The molecule has 140 valence electrons. The van der Waals surface area contributed by atoms with E-state index in [1.54, 1.807) is 0 Å². The molecule has 0 aliphatic heterocycles. The van der Waals surface area contributed by atoms with Crippen LogP contribution in [0.5, 0.6) is 0 Å². The topological polar surface area (TPSA) is 67.3 Å². The van der Waals surface area contributed by atoms with Gasteiger partial charge in [-0.2, -0.15) is 26.3 Å². The van der Waals surface area contributed by atoms with Crippen molar-refractivity contribution < 1.29 is 93.1 Å². The zero-order valence-electron chi connectivity index (χ0n) is 13.7. The number of carbonyl (C=O) groups excluding carboxylic acids is 1. The Balaban J connectivity index is -0.000000296. The van der Waals surface area contributed by atoms with Crippen LogP contribution in [0.4, 0.5) is 26.3 Å². The van der Waals surface area contributed by atoms with Crippen LogP contribution in [0.15, 0.2) is 0 Å². The molecule has 0 bridgehead atoms. The molecule has 2 aliphatic carbocycles. The second kappa shape index (κ2) is 14.9. The van der Waals surface area contributed by atoms with E-state index >= 15 is 0 Å². The number of Topliss-reactive ketones (excluding diaryl/α,β-unsaturated/α-hetero) is 1. The molecule has 0 aromatic rings. The summed E-state index contributed by atoms with van der Waals surface area (Å²) < 4.78 is 65.2. The van der Waals surface area contributed by atoms with Gasteiger partial charge in [0.05, 0.1) is 0 Å². The minimum atomic E-state index is -4.44. The van der Waals surface area contributed by atoms with Gasteiger partial charge in [-0.05, 0) is 25.7 Å². The molecule has 24 heavy (non-hydrogen) atoms. The first-order valence-corrected chi connectivity index (χ1v) is 7.31. The average molecular weight is 392 g/mol. The summed E-state index contributed by atoms with van der Waals surface area (Å²) in [6, 6.07) is 0. The second-order valence-electron chi connectivity index (χ2n) is 5.44. The van der Waals surface area contributed by atoms with Gasteiger partial charge in [0.15, 0.2) is 5.60 Å². The maximum Gasteiger partial charge on any atom is 1.00 e. The Morgan fingerprint density at radius 2 is 1.21 bits per heavy atom. The maximum atomic E-state index is 12.1. The van der Waals surface area contributed by atoms with Crippen LogP contribution in [0.25, 0.3) is 0 Å². The van der Waals surface area contributed by atoms with Crippen molar-refractivity contribution in [1.29, 1.82) is 0 Å². The van der Waals surface area contributed by atoms with Crippen molar-refractivity contribution >= 4 is 5.78 Å². The number of ketones is 1. The van der Waals surface area contributed by atoms with Crippen molar-refractivity contribution in [2.24, 2.45) is 0 Å². The van der Waals surface area contributed by atoms with Crippen molar-refractivity contribution in [2.75, 3.05) is 0 Å². The number of hydrogen-bond donors (Lipinski definition) is 1. The number of carbonyl (C=O) groups is 1. The van der Waals surface area contributed by atoms with Crippen LogP contribution in [-0.2, 0) is 4.79 Å². The smallest absolute Gasteiger partial charge is 0.870 e. The fourth-order valence-corrected chi connectivity index (χ4v) is 2.37. The predicted octanol–water partition coefficient (Wildman–Crippen LogP) is 1.77. The molecule has 0 spiro atoms. The van der Waals surface area contributed by atoms with Crippen LogP contribution in [-0.4, -0.2) is 34.8 Å². The van der Waals surface area contributed by atoms with E-state index in [4.69, 9.17) is 5.11 Å². The third kappa shape index (κ3) is 14.0. The quantitative estimate of drug-likeness (QED) is 0.505. The summed E-state index contributed by atoms with van der Waals surface area (Å²) in [6.07, 6.45) is 2.31. The first-order chi connectivity index (χ1) is 10.1. The van der Waals surface area contributed by atoms with Gasteiger partial charge in [0.1, 0.15) is 5.78 Å². The monoisotopic (exact) mass is 392 g/mol. The van der Waals surface area contributed by atoms with E-state index in [-0.39, 0.29) is 69.7 Å². The summed E-state index contributed by atoms with van der Waals surface area (Å²) in [4.78, 5) is 10.5. The molecular weight excluding hydrogens is 369 g/mol. The Morgan fingerprint density at radius 1 is 0.875 bits per heavy atom. The molecular formula is C14H23F6KO3. The van der Waals surface area contributed by atoms with Gasteiger partial charge in [0, 0.05) is 12.8 Å². The molecule has 10 heteroatoms. The standard InChI is InChI=1S/C7H11F3O.C6H10O.CHF3.K.H2O/c8-7(9,10)6(11)4-2-1-3-5-6;7-6-4-2-1-3-5-6;2-1(3)4;;/h11H,1-5H2;1-5H2;1H;;1H2/q;;;+1;/p-1. The first kappa shape index (κ1) is 29.6. The van der Waals surface area contributed by atoms with Crippen molar-refractivity contribution in [3.63, 3.8) is 0 Å². The van der Waals surface area contributed by atoms with E-state index < -0.39 is 18.5 Å². The Bertz CT molecular complexity index is 309. The van der Waals surface area contributed by atoms with Gasteiger partial charge in [-0.15, -0.1) is 0 Å². The summed E-state index contributed by atoms with van der Waals surface area (Å²) in [5, 5.41) is 9.08. The number of alkyl halides is 6. The van der Waals surface area contributed by atoms with Gasteiger partial charge in [-0.1, -0.05) is 25.7 Å². The van der Waals surface area contributed by atoms with Gasteiger partial charge in [-0.3, -0.25) is 4.79 Å². The summed E-state index contributed by atoms with van der Waals surface area (Å²) in [7, 11) is 0. The normalized spacial score (nSPS) is 19.6. The molecule has 0 radical (unpaired) electrons. The number of hydrogen-bond acceptors (Lipinski definition) is 3. The molecule has 0 atom stereocenters. The Kier molecular flexibility index (Phi) is 18.4. The van der Waals surface area contributed by atoms with Gasteiger partial charge < -0.3 is 10.6 Å². The van der Waals surface area contributed by atoms with Gasteiger partial charge >= 0.3 is 64.2 Å². The molecule has 2 rings (SSSR count). The van der Waals surface area contributed by atoms with E-state index in [1.807, 2.05) is 0 Å². The van der Waals surface area contributed by atoms with Gasteiger partial charge in [0.2, 0.25) is 0 Å². The third-order valence-corrected chi connectivity index (χ3v) is 3.62. The van der Waals surface area contributed by atoms with Crippen LogP contribution in [0.3, 0.4) is 0 Å². The molecule has 0 aromatic carbocycles. The van der Waals surface area contributed by atoms with Crippen molar-refractivity contribution in [2.45, 2.75) is 82.7 Å². The number of aliphatic hydroxyl groups is 1. The van der Waals surface area contributed by atoms with Crippen LogP contribution in [0, 0.1) is 0 Å². The molecule has 2 saturated carbocycles. The molecule has 0 saturated heterocycles. The molecule has 0 heterocycles. The van der Waals surface area contributed by atoms with Crippen LogP contribution < -0.4 is 51.4 Å². The first-order valence-electron chi connectivity index (χ1n) is 7.31. The van der Waals surface area contributed by atoms with E-state index in [0.717, 1.165) is 32.1 Å². The summed E-state index contributed by atoms with van der Waals surface area (Å²) >= 11 is 0. The summed E-state index contributed by atoms with van der Waals surface area (Å²) in [6.45, 7) is -3.67. The maximum absolute atomic E-state index is 12.1. The number of halogens is 6. The molecule has 2 fully saturated rings. The second-order valence-corrected chi connectivity index (χ2v) is 5.44. The van der Waals surface area contributed by atoms with E-state index in [0.29, 0.717) is 18.6 Å². The molecule has 3 nitrogen and oxygen atoms in total. The predicted molar refractivity (Wildman–Crippen MR) is 71.2 cm³/mol. The fraction of sp³-hybridized carbons (Fsp3) is 0.929. The van der Waals surface area contributed by atoms with Crippen LogP contribution in [0.1, 0.15) is 64.2 Å². The van der Waals surface area contributed by atoms with Gasteiger partial charge in [0.25, 0.3) is 0 Å². The largest absolute Gasteiger partial charge is 1.00 e. The molecule has 0 unspecified atom stereocenters. The van der Waals surface area contributed by atoms with E-state index in [1.165, 1.54) is 6.42 Å². The Labute approximate surface area is 180 Å². The summed E-state index contributed by atoms with van der Waals surface area (Å²) in [5.74, 6) is 0.464. The van der Waals surface area contributed by atoms with E-state index in [9.17, 15) is 31.1 Å². The zero-order chi connectivity index (χ0) is 17.2. The van der Waals surface area contributed by atoms with Crippen molar-refractivity contribution in [3.8, 4) is 0 Å². The van der Waals surface area contributed by atoms with Gasteiger partial charge in [-0.25, -0.2) is 0 Å². The summed E-state index contributed by atoms with van der Waals surface area (Å²) in [5.41, 5.74) is -2.38. The van der Waals surface area contributed by atoms with Crippen molar-refractivity contribution in [3.05, 3.63) is 0 Å². The fourth-order valence-electron chi connectivity index (χ4n) is 2.37. The number of rotatable bonds is 0. The third-order valence-electron chi connectivity index (χ3n) is 3.62. The SMILES string of the molecule is FC(F)F.O=C1CCCCC1.OC1(C(F)(F)F)CCCCC1.[K+].[OH-]. The zero-order valence-corrected chi connectivity index (χ0v) is 16.8. The van der Waals surface area contributed by atoms with E-state index in [2.05, 4.69) is 0 Å². The average Bonchev–Trinajstić information content (AvgIpc) is 2.39. The molecule has 0 aromatic heterocycles. The Hall–Kier alpha value is 0.806. The van der Waals surface area contributed by atoms with Crippen LogP contribution >= 0.6 is 0 Å². The molecule has 0 amide bonds. The minimum Gasteiger partial charge on any atom is -0.870 e. The van der Waals surface area contributed by atoms with Crippen LogP contribution in [0.2, 0.25) is 0 Å². The van der Waals surface area contributed by atoms with Crippen molar-refractivity contribution in [1.82, 2.24) is 0 Å². The molecule has 2 aliphatic rings.